The van der Waals surface area contributed by atoms with Gasteiger partial charge in [-0.05, 0) is 19.1 Å². The summed E-state index contributed by atoms with van der Waals surface area (Å²) in [7, 11) is -3.59. The van der Waals surface area contributed by atoms with Gasteiger partial charge in [0.25, 0.3) is 0 Å². The molecule has 1 saturated heterocycles. The molecule has 1 aromatic carbocycles. The Morgan fingerprint density at radius 2 is 1.70 bits per heavy atom. The van der Waals surface area contributed by atoms with Crippen molar-refractivity contribution in [2.24, 2.45) is 0 Å². The predicted molar refractivity (Wildman–Crippen MR) is 117 cm³/mol. The van der Waals surface area contributed by atoms with Crippen LogP contribution >= 0.6 is 11.3 Å². The summed E-state index contributed by atoms with van der Waals surface area (Å²) in [6, 6.07) is 6.12. The maximum absolute atomic E-state index is 12.9. The molecule has 8 nitrogen and oxygen atoms in total. The van der Waals surface area contributed by atoms with Crippen molar-refractivity contribution in [3.05, 3.63) is 41.7 Å². The highest BCUT2D eigenvalue weighted by molar-refractivity contribution is 7.89. The second-order valence-electron chi connectivity index (χ2n) is 8.46. The van der Waals surface area contributed by atoms with Gasteiger partial charge in [0.2, 0.25) is 20.1 Å². The number of imidazole rings is 1. The van der Waals surface area contributed by atoms with E-state index in [0.717, 1.165) is 15.8 Å². The van der Waals surface area contributed by atoms with Crippen molar-refractivity contribution >= 4 is 37.2 Å². The van der Waals surface area contributed by atoms with Gasteiger partial charge in [0, 0.05) is 37.2 Å². The van der Waals surface area contributed by atoms with E-state index in [9.17, 15) is 13.2 Å². The number of benzene rings is 1. The zero-order chi connectivity index (χ0) is 21.7. The lowest BCUT2D eigenvalue weighted by Gasteiger charge is -2.33. The molecule has 0 radical (unpaired) electrons. The molecule has 0 N–H and O–H groups in total. The van der Waals surface area contributed by atoms with Gasteiger partial charge < -0.3 is 4.90 Å². The highest BCUT2D eigenvalue weighted by Crippen LogP contribution is 2.28. The zero-order valence-electron chi connectivity index (χ0n) is 17.5. The number of anilines is 1. The molecule has 10 heteroatoms. The third kappa shape index (κ3) is 3.86. The Labute approximate surface area is 180 Å². The number of hydrogen-bond donors (Lipinski definition) is 0. The fraction of sp³-hybridized carbons (Fsp3) is 0.450. The van der Waals surface area contributed by atoms with Crippen molar-refractivity contribution < 1.29 is 13.2 Å². The Morgan fingerprint density at radius 1 is 1.07 bits per heavy atom. The molecule has 1 aliphatic rings. The lowest BCUT2D eigenvalue weighted by Crippen LogP contribution is -2.48. The van der Waals surface area contributed by atoms with E-state index in [2.05, 4.69) is 35.8 Å². The minimum absolute atomic E-state index is 0.0316. The van der Waals surface area contributed by atoms with E-state index in [1.807, 2.05) is 6.20 Å². The summed E-state index contributed by atoms with van der Waals surface area (Å²) in [6.07, 6.45) is 1.96. The topological polar surface area (TPSA) is 87.9 Å². The fourth-order valence-corrected chi connectivity index (χ4v) is 5.67. The molecule has 0 spiro atoms. The van der Waals surface area contributed by atoms with Gasteiger partial charge in [-0.3, -0.25) is 4.79 Å². The average molecular weight is 448 g/mol. The third-order valence-corrected chi connectivity index (χ3v) is 8.10. The lowest BCUT2D eigenvalue weighted by molar-refractivity contribution is 0.101. The summed E-state index contributed by atoms with van der Waals surface area (Å²) < 4.78 is 29.2. The van der Waals surface area contributed by atoms with Gasteiger partial charge >= 0.3 is 0 Å². The van der Waals surface area contributed by atoms with Crippen molar-refractivity contribution in [2.45, 2.75) is 38.0 Å². The van der Waals surface area contributed by atoms with Gasteiger partial charge in [-0.25, -0.2) is 17.9 Å². The first kappa shape index (κ1) is 21.0. The summed E-state index contributed by atoms with van der Waals surface area (Å²) in [6.45, 7) is 9.70. The van der Waals surface area contributed by atoms with Gasteiger partial charge in [0.05, 0.1) is 16.8 Å². The smallest absolute Gasteiger partial charge is 0.243 e. The van der Waals surface area contributed by atoms with Crippen LogP contribution in [-0.4, -0.2) is 59.3 Å². The van der Waals surface area contributed by atoms with E-state index in [1.54, 1.807) is 16.6 Å². The number of rotatable bonds is 4. The third-order valence-electron chi connectivity index (χ3n) is 5.21. The molecule has 1 fully saturated rings. The summed E-state index contributed by atoms with van der Waals surface area (Å²) in [5.74, 6) is -0.0861. The SMILES string of the molecule is CC(=O)c1ccc(S(=O)(=O)N2CCN(c3nn4cc(C(C)(C)C)nc4s3)CC2)cc1. The molecular formula is C20H25N5O3S2. The van der Waals surface area contributed by atoms with Crippen LogP contribution < -0.4 is 4.90 Å². The van der Waals surface area contributed by atoms with E-state index in [4.69, 9.17) is 0 Å². The number of carbonyl (C=O) groups is 1. The van der Waals surface area contributed by atoms with Crippen molar-refractivity contribution in [3.63, 3.8) is 0 Å². The Hall–Kier alpha value is -2.30. The maximum atomic E-state index is 12.9. The first-order chi connectivity index (χ1) is 14.1. The van der Waals surface area contributed by atoms with Gasteiger partial charge in [-0.1, -0.05) is 44.2 Å². The Kier molecular flexibility index (Phi) is 5.19. The quantitative estimate of drug-likeness (QED) is 0.572. The molecule has 0 unspecified atom stereocenters. The number of carbonyl (C=O) groups excluding carboxylic acids is 1. The Morgan fingerprint density at radius 3 is 2.23 bits per heavy atom. The van der Waals surface area contributed by atoms with Crippen molar-refractivity contribution in [2.75, 3.05) is 31.1 Å². The van der Waals surface area contributed by atoms with Gasteiger partial charge in [0.15, 0.2) is 5.78 Å². The highest BCUT2D eigenvalue weighted by Gasteiger charge is 2.30. The maximum Gasteiger partial charge on any atom is 0.243 e. The number of aromatic nitrogens is 3. The largest absolute Gasteiger partial charge is 0.344 e. The first-order valence-electron chi connectivity index (χ1n) is 9.78. The normalized spacial score (nSPS) is 16.3. The zero-order valence-corrected chi connectivity index (χ0v) is 19.1. The van der Waals surface area contributed by atoms with Gasteiger partial charge in [-0.15, -0.1) is 5.10 Å². The van der Waals surface area contributed by atoms with Crippen molar-refractivity contribution in [3.8, 4) is 0 Å². The predicted octanol–water partition coefficient (Wildman–Crippen LogP) is 2.80. The van der Waals surface area contributed by atoms with Crippen LogP contribution in [0.1, 0.15) is 43.7 Å². The molecule has 0 amide bonds. The second-order valence-corrected chi connectivity index (χ2v) is 11.3. The van der Waals surface area contributed by atoms with E-state index < -0.39 is 10.0 Å². The van der Waals surface area contributed by atoms with Crippen LogP contribution in [-0.2, 0) is 15.4 Å². The Bertz CT molecular complexity index is 1150. The van der Waals surface area contributed by atoms with E-state index >= 15 is 0 Å². The monoisotopic (exact) mass is 447 g/mol. The van der Waals surface area contributed by atoms with Gasteiger partial charge in [-0.2, -0.15) is 4.31 Å². The van der Waals surface area contributed by atoms with Crippen LogP contribution in [0.4, 0.5) is 5.13 Å². The molecule has 0 saturated carbocycles. The summed E-state index contributed by atoms with van der Waals surface area (Å²) >= 11 is 1.52. The molecule has 3 heterocycles. The van der Waals surface area contributed by atoms with Crippen LogP contribution in [0, 0.1) is 0 Å². The number of fused-ring (bicyclic) bond motifs is 1. The number of Topliss-reactive ketones (excluding diaryl/α,β-unsaturated/α-hetero) is 1. The molecule has 0 atom stereocenters. The number of sulfonamides is 1. The van der Waals surface area contributed by atoms with Crippen LogP contribution in [0.25, 0.3) is 4.96 Å². The van der Waals surface area contributed by atoms with Gasteiger partial charge in [0.1, 0.15) is 0 Å². The molecule has 30 heavy (non-hydrogen) atoms. The molecule has 1 aliphatic heterocycles. The first-order valence-corrected chi connectivity index (χ1v) is 12.0. The van der Waals surface area contributed by atoms with Crippen LogP contribution in [0.15, 0.2) is 35.4 Å². The summed E-state index contributed by atoms with van der Waals surface area (Å²) in [4.78, 5) is 19.2. The lowest BCUT2D eigenvalue weighted by atomic mass is 9.93. The Balaban J connectivity index is 1.46. The summed E-state index contributed by atoms with van der Waals surface area (Å²) in [5.41, 5.74) is 1.47. The number of piperazine rings is 1. The van der Waals surface area contributed by atoms with Crippen LogP contribution in [0.3, 0.4) is 0 Å². The minimum atomic E-state index is -3.59. The molecule has 0 bridgehead atoms. The van der Waals surface area contributed by atoms with Crippen LogP contribution in [0.5, 0.6) is 0 Å². The van der Waals surface area contributed by atoms with E-state index in [1.165, 1.54) is 34.7 Å². The molecule has 2 aromatic heterocycles. The molecule has 3 aromatic rings. The number of hydrogen-bond acceptors (Lipinski definition) is 7. The standard InChI is InChI=1S/C20H25N5O3S2/c1-14(26)15-5-7-16(8-6-15)30(27,28)24-11-9-23(10-12-24)19-22-25-13-17(20(2,3)4)21-18(25)29-19/h5-8,13H,9-12H2,1-4H3. The highest BCUT2D eigenvalue weighted by atomic mass is 32.2. The average Bonchev–Trinajstić information content (AvgIpc) is 3.27. The fourth-order valence-electron chi connectivity index (χ4n) is 3.31. The molecule has 0 aliphatic carbocycles. The van der Waals surface area contributed by atoms with E-state index in [-0.39, 0.29) is 16.1 Å². The minimum Gasteiger partial charge on any atom is -0.344 e. The second kappa shape index (κ2) is 7.44. The number of ketones is 1. The van der Waals surface area contributed by atoms with Crippen molar-refractivity contribution in [1.29, 1.82) is 0 Å². The summed E-state index contributed by atoms with van der Waals surface area (Å²) in [5, 5.41) is 5.49. The molecular weight excluding hydrogens is 422 g/mol. The molecule has 4 rings (SSSR count). The molecule has 160 valence electrons. The van der Waals surface area contributed by atoms with E-state index in [0.29, 0.717) is 31.7 Å². The van der Waals surface area contributed by atoms with Crippen molar-refractivity contribution in [1.82, 2.24) is 18.9 Å². The van der Waals surface area contributed by atoms with Crippen LogP contribution in [0.2, 0.25) is 0 Å². The number of nitrogens with zero attached hydrogens (tertiary/aromatic N) is 5.